The fourth-order valence-corrected chi connectivity index (χ4v) is 2.37. The summed E-state index contributed by atoms with van der Waals surface area (Å²) >= 11 is 0. The first-order valence-corrected chi connectivity index (χ1v) is 5.78. The molecule has 0 unspecified atom stereocenters. The lowest BCUT2D eigenvalue weighted by molar-refractivity contribution is 0.363. The van der Waals surface area contributed by atoms with E-state index in [1.54, 1.807) is 0 Å². The van der Waals surface area contributed by atoms with E-state index in [2.05, 4.69) is 11.4 Å². The second-order valence-corrected chi connectivity index (χ2v) is 4.60. The van der Waals surface area contributed by atoms with Gasteiger partial charge < -0.3 is 5.32 Å². The Kier molecular flexibility index (Phi) is 3.31. The number of halogens is 3. The lowest BCUT2D eigenvalue weighted by atomic mass is 9.74. The second-order valence-electron chi connectivity index (χ2n) is 4.60. The summed E-state index contributed by atoms with van der Waals surface area (Å²) in [6, 6.07) is 2.90. The zero-order valence-corrected chi connectivity index (χ0v) is 9.99. The molecule has 0 aliphatic carbocycles. The molecule has 0 atom stereocenters. The highest BCUT2D eigenvalue weighted by molar-refractivity contribution is 5.38. The van der Waals surface area contributed by atoms with E-state index in [4.69, 9.17) is 0 Å². The molecule has 2 rings (SSSR count). The number of piperidine rings is 1. The smallest absolute Gasteiger partial charge is 0.164 e. The van der Waals surface area contributed by atoms with Gasteiger partial charge in [-0.15, -0.1) is 0 Å². The maximum absolute atomic E-state index is 14.1. The van der Waals surface area contributed by atoms with Crippen molar-refractivity contribution in [2.45, 2.75) is 25.2 Å². The van der Waals surface area contributed by atoms with Crippen molar-refractivity contribution >= 4 is 0 Å². The molecular weight excluding hydrogens is 241 g/mol. The quantitative estimate of drug-likeness (QED) is 0.782. The van der Waals surface area contributed by atoms with Crippen LogP contribution >= 0.6 is 0 Å². The average molecular weight is 254 g/mol. The number of benzene rings is 1. The Morgan fingerprint density at radius 2 is 1.83 bits per heavy atom. The normalized spacial score (nSPS) is 18.4. The third-order valence-electron chi connectivity index (χ3n) is 3.56. The first-order valence-electron chi connectivity index (χ1n) is 5.78. The molecule has 0 radical (unpaired) electrons. The lowest BCUT2D eigenvalue weighted by Gasteiger charge is -2.32. The van der Waals surface area contributed by atoms with Crippen molar-refractivity contribution in [2.24, 2.45) is 0 Å². The fourth-order valence-electron chi connectivity index (χ4n) is 2.37. The number of rotatable bonds is 1. The van der Waals surface area contributed by atoms with Gasteiger partial charge in [0.25, 0.3) is 0 Å². The van der Waals surface area contributed by atoms with Gasteiger partial charge in [0.05, 0.1) is 11.5 Å². The van der Waals surface area contributed by atoms with Gasteiger partial charge in [-0.25, -0.2) is 13.2 Å². The number of hydrogen-bond donors (Lipinski definition) is 1. The number of nitriles is 1. The largest absolute Gasteiger partial charge is 0.317 e. The summed E-state index contributed by atoms with van der Waals surface area (Å²) in [5.41, 5.74) is -1.45. The Bertz CT molecular complexity index is 514. The van der Waals surface area contributed by atoms with Crippen LogP contribution in [-0.2, 0) is 5.41 Å². The topological polar surface area (TPSA) is 35.8 Å². The lowest BCUT2D eigenvalue weighted by Crippen LogP contribution is -2.39. The van der Waals surface area contributed by atoms with Gasteiger partial charge in [-0.05, 0) is 38.9 Å². The molecule has 0 bridgehead atoms. The molecule has 0 saturated carbocycles. The molecule has 18 heavy (non-hydrogen) atoms. The first-order chi connectivity index (χ1) is 8.52. The molecule has 5 heteroatoms. The molecule has 0 aromatic heterocycles. The van der Waals surface area contributed by atoms with Crippen molar-refractivity contribution in [1.82, 2.24) is 5.32 Å². The summed E-state index contributed by atoms with van der Waals surface area (Å²) in [4.78, 5) is 0. The minimum absolute atomic E-state index is 0.0251. The fraction of sp³-hybridized carbons (Fsp3) is 0.462. The van der Waals surface area contributed by atoms with E-state index >= 15 is 0 Å². The molecule has 1 saturated heterocycles. The Labute approximate surface area is 103 Å². The molecule has 1 N–H and O–H groups in total. The summed E-state index contributed by atoms with van der Waals surface area (Å²) in [5.74, 6) is -3.09. The second kappa shape index (κ2) is 4.62. The predicted octanol–water partition coefficient (Wildman–Crippen LogP) is 2.56. The van der Waals surface area contributed by atoms with Crippen molar-refractivity contribution in [3.05, 3.63) is 34.6 Å². The van der Waals surface area contributed by atoms with Crippen LogP contribution in [0.25, 0.3) is 0 Å². The highest BCUT2D eigenvalue weighted by Crippen LogP contribution is 2.36. The summed E-state index contributed by atoms with van der Waals surface area (Å²) in [5, 5.41) is 12.4. The third-order valence-corrected chi connectivity index (χ3v) is 3.56. The molecule has 1 heterocycles. The van der Waals surface area contributed by atoms with Crippen molar-refractivity contribution in [2.75, 3.05) is 13.1 Å². The van der Waals surface area contributed by atoms with Gasteiger partial charge in [-0.3, -0.25) is 0 Å². The van der Waals surface area contributed by atoms with Crippen LogP contribution in [-0.4, -0.2) is 13.1 Å². The third kappa shape index (κ3) is 1.87. The van der Waals surface area contributed by atoms with Crippen LogP contribution in [0.5, 0.6) is 0 Å². The van der Waals surface area contributed by atoms with Gasteiger partial charge >= 0.3 is 0 Å². The van der Waals surface area contributed by atoms with Crippen LogP contribution in [0.4, 0.5) is 13.2 Å². The maximum atomic E-state index is 14.1. The Balaban J connectivity index is 2.60. The predicted molar refractivity (Wildman–Crippen MR) is 60.4 cm³/mol. The van der Waals surface area contributed by atoms with E-state index in [-0.39, 0.29) is 11.1 Å². The van der Waals surface area contributed by atoms with Crippen LogP contribution in [0.2, 0.25) is 0 Å². The van der Waals surface area contributed by atoms with Crippen LogP contribution in [0.15, 0.2) is 6.07 Å². The van der Waals surface area contributed by atoms with E-state index in [0.717, 1.165) is 6.07 Å². The molecule has 2 nitrogen and oxygen atoms in total. The molecule has 1 aromatic rings. The average Bonchev–Trinajstić information content (AvgIpc) is 2.41. The van der Waals surface area contributed by atoms with Gasteiger partial charge in [0.15, 0.2) is 11.6 Å². The zero-order valence-electron chi connectivity index (χ0n) is 9.99. The van der Waals surface area contributed by atoms with Crippen LogP contribution in [0, 0.1) is 35.7 Å². The van der Waals surface area contributed by atoms with Crippen molar-refractivity contribution in [3.8, 4) is 6.07 Å². The maximum Gasteiger partial charge on any atom is 0.164 e. The summed E-state index contributed by atoms with van der Waals surface area (Å²) < 4.78 is 40.8. The zero-order chi connectivity index (χ0) is 13.3. The molecule has 0 amide bonds. The summed E-state index contributed by atoms with van der Waals surface area (Å²) in [7, 11) is 0. The van der Waals surface area contributed by atoms with Crippen LogP contribution in [0.1, 0.15) is 24.0 Å². The molecule has 1 aliphatic rings. The molecule has 1 aromatic carbocycles. The SMILES string of the molecule is Cc1c(F)c(F)cc(C2(C#N)CCNCC2)c1F. The van der Waals surface area contributed by atoms with Crippen molar-refractivity contribution in [3.63, 3.8) is 0 Å². The highest BCUT2D eigenvalue weighted by atomic mass is 19.2. The van der Waals surface area contributed by atoms with E-state index < -0.39 is 22.9 Å². The van der Waals surface area contributed by atoms with E-state index in [1.807, 2.05) is 0 Å². The van der Waals surface area contributed by atoms with Gasteiger partial charge in [0, 0.05) is 11.1 Å². The summed E-state index contributed by atoms with van der Waals surface area (Å²) in [6.07, 6.45) is 0.788. The van der Waals surface area contributed by atoms with Crippen molar-refractivity contribution in [1.29, 1.82) is 5.26 Å². The van der Waals surface area contributed by atoms with Gasteiger partial charge in [0.2, 0.25) is 0 Å². The van der Waals surface area contributed by atoms with Crippen LogP contribution in [0.3, 0.4) is 0 Å². The van der Waals surface area contributed by atoms with Gasteiger partial charge in [-0.2, -0.15) is 5.26 Å². The minimum atomic E-state index is -1.18. The van der Waals surface area contributed by atoms with Crippen LogP contribution < -0.4 is 5.32 Å². The van der Waals surface area contributed by atoms with Gasteiger partial charge in [-0.1, -0.05) is 0 Å². The van der Waals surface area contributed by atoms with Crippen molar-refractivity contribution < 1.29 is 13.2 Å². The standard InChI is InChI=1S/C13H13F3N2/c1-8-11(15)9(6-10(14)12(8)16)13(7-17)2-4-18-5-3-13/h6,18H,2-5H2,1H3. The van der Waals surface area contributed by atoms with E-state index in [9.17, 15) is 18.4 Å². The number of nitrogens with one attached hydrogen (secondary N) is 1. The minimum Gasteiger partial charge on any atom is -0.317 e. The Hall–Kier alpha value is -1.54. The Morgan fingerprint density at radius 1 is 1.22 bits per heavy atom. The van der Waals surface area contributed by atoms with Gasteiger partial charge in [0.1, 0.15) is 5.82 Å². The first kappa shape index (κ1) is 12.9. The molecule has 96 valence electrons. The van der Waals surface area contributed by atoms with E-state index in [1.165, 1.54) is 6.92 Å². The summed E-state index contributed by atoms with van der Waals surface area (Å²) in [6.45, 7) is 2.31. The Morgan fingerprint density at radius 3 is 2.39 bits per heavy atom. The molecule has 0 spiro atoms. The van der Waals surface area contributed by atoms with E-state index in [0.29, 0.717) is 25.9 Å². The molecule has 1 fully saturated rings. The highest BCUT2D eigenvalue weighted by Gasteiger charge is 2.38. The molecular formula is C13H13F3N2. The monoisotopic (exact) mass is 254 g/mol. The number of nitrogens with zero attached hydrogens (tertiary/aromatic N) is 1. The number of hydrogen-bond acceptors (Lipinski definition) is 2. The molecule has 1 aliphatic heterocycles.